The Morgan fingerprint density at radius 3 is 2.81 bits per heavy atom. The monoisotopic (exact) mass is 225 g/mol. The standard InChI is InChI=1S/C11H16FN3O/c1-4-13-10-9(6-8(12)7-14-10)11(16)15(3)5-2/h6-7H,4-5H2,1-3H3,(H,13,14). The summed E-state index contributed by atoms with van der Waals surface area (Å²) >= 11 is 0. The molecule has 5 heteroatoms. The number of nitrogens with one attached hydrogen (secondary N) is 1. The Kier molecular flexibility index (Phi) is 4.22. The molecule has 0 spiro atoms. The van der Waals surface area contributed by atoms with Gasteiger partial charge in [-0.25, -0.2) is 9.37 Å². The van der Waals surface area contributed by atoms with Gasteiger partial charge in [-0.1, -0.05) is 0 Å². The van der Waals surface area contributed by atoms with Crippen molar-refractivity contribution in [3.63, 3.8) is 0 Å². The molecule has 0 aliphatic carbocycles. The van der Waals surface area contributed by atoms with Crippen LogP contribution in [-0.4, -0.2) is 35.9 Å². The lowest BCUT2D eigenvalue weighted by atomic mass is 10.2. The third-order valence-corrected chi connectivity index (χ3v) is 2.25. The van der Waals surface area contributed by atoms with Crippen molar-refractivity contribution in [1.82, 2.24) is 9.88 Å². The fraction of sp³-hybridized carbons (Fsp3) is 0.455. The first-order valence-electron chi connectivity index (χ1n) is 5.25. The van der Waals surface area contributed by atoms with Gasteiger partial charge in [0.1, 0.15) is 11.6 Å². The van der Waals surface area contributed by atoms with E-state index < -0.39 is 5.82 Å². The van der Waals surface area contributed by atoms with Crippen molar-refractivity contribution < 1.29 is 9.18 Å². The highest BCUT2D eigenvalue weighted by molar-refractivity contribution is 5.98. The quantitative estimate of drug-likeness (QED) is 0.849. The molecule has 0 unspecified atom stereocenters. The summed E-state index contributed by atoms with van der Waals surface area (Å²) in [7, 11) is 1.67. The lowest BCUT2D eigenvalue weighted by Crippen LogP contribution is -2.27. The summed E-state index contributed by atoms with van der Waals surface area (Å²) in [6.45, 7) is 4.95. The second-order valence-electron chi connectivity index (χ2n) is 3.40. The van der Waals surface area contributed by atoms with Gasteiger partial charge in [-0.3, -0.25) is 4.79 Å². The van der Waals surface area contributed by atoms with Crippen LogP contribution in [0.1, 0.15) is 24.2 Å². The number of hydrogen-bond acceptors (Lipinski definition) is 3. The van der Waals surface area contributed by atoms with E-state index in [0.717, 1.165) is 6.20 Å². The Hall–Kier alpha value is -1.65. The summed E-state index contributed by atoms with van der Waals surface area (Å²) in [5.41, 5.74) is 0.270. The highest BCUT2D eigenvalue weighted by Crippen LogP contribution is 2.15. The zero-order valence-corrected chi connectivity index (χ0v) is 9.75. The van der Waals surface area contributed by atoms with Crippen molar-refractivity contribution in [2.75, 3.05) is 25.5 Å². The van der Waals surface area contributed by atoms with E-state index in [1.807, 2.05) is 13.8 Å². The van der Waals surface area contributed by atoms with E-state index in [9.17, 15) is 9.18 Å². The van der Waals surface area contributed by atoms with Gasteiger partial charge in [0.25, 0.3) is 5.91 Å². The summed E-state index contributed by atoms with van der Waals surface area (Å²) in [6.07, 6.45) is 1.10. The molecule has 1 aromatic heterocycles. The highest BCUT2D eigenvalue weighted by Gasteiger charge is 2.16. The zero-order valence-electron chi connectivity index (χ0n) is 9.75. The maximum absolute atomic E-state index is 13.1. The topological polar surface area (TPSA) is 45.2 Å². The lowest BCUT2D eigenvalue weighted by Gasteiger charge is -2.16. The Labute approximate surface area is 94.5 Å². The number of nitrogens with zero attached hydrogens (tertiary/aromatic N) is 2. The molecule has 0 bridgehead atoms. The molecule has 88 valence electrons. The maximum Gasteiger partial charge on any atom is 0.257 e. The van der Waals surface area contributed by atoms with Crippen LogP contribution in [0.5, 0.6) is 0 Å². The lowest BCUT2D eigenvalue weighted by molar-refractivity contribution is 0.0802. The third-order valence-electron chi connectivity index (χ3n) is 2.25. The molecule has 0 aromatic carbocycles. The Bertz CT molecular complexity index is 381. The van der Waals surface area contributed by atoms with Crippen LogP contribution in [0.4, 0.5) is 10.2 Å². The molecule has 0 fully saturated rings. The summed E-state index contributed by atoms with van der Waals surface area (Å²) < 4.78 is 13.1. The van der Waals surface area contributed by atoms with Crippen LogP contribution in [0.2, 0.25) is 0 Å². The van der Waals surface area contributed by atoms with Crippen LogP contribution in [0.3, 0.4) is 0 Å². The number of aromatic nitrogens is 1. The molecule has 1 N–H and O–H groups in total. The van der Waals surface area contributed by atoms with Gasteiger partial charge in [-0.05, 0) is 19.9 Å². The predicted octanol–water partition coefficient (Wildman–Crippen LogP) is 1.74. The average Bonchev–Trinajstić information content (AvgIpc) is 2.29. The second kappa shape index (κ2) is 5.44. The smallest absolute Gasteiger partial charge is 0.257 e. The van der Waals surface area contributed by atoms with Gasteiger partial charge in [0.05, 0.1) is 11.8 Å². The minimum atomic E-state index is -0.505. The molecule has 1 rings (SSSR count). The molecule has 1 heterocycles. The highest BCUT2D eigenvalue weighted by atomic mass is 19.1. The fourth-order valence-electron chi connectivity index (χ4n) is 1.26. The van der Waals surface area contributed by atoms with Crippen molar-refractivity contribution in [3.05, 3.63) is 23.6 Å². The van der Waals surface area contributed by atoms with E-state index in [1.165, 1.54) is 11.0 Å². The summed E-state index contributed by atoms with van der Waals surface area (Å²) in [5, 5.41) is 2.94. The number of hydrogen-bond donors (Lipinski definition) is 1. The molecule has 0 saturated heterocycles. The van der Waals surface area contributed by atoms with Crippen molar-refractivity contribution in [3.8, 4) is 0 Å². The van der Waals surface area contributed by atoms with Crippen molar-refractivity contribution >= 4 is 11.7 Å². The van der Waals surface area contributed by atoms with Crippen LogP contribution >= 0.6 is 0 Å². The van der Waals surface area contributed by atoms with E-state index in [-0.39, 0.29) is 11.5 Å². The first kappa shape index (κ1) is 12.4. The van der Waals surface area contributed by atoms with Crippen LogP contribution in [0.25, 0.3) is 0 Å². The molecule has 1 amide bonds. The Morgan fingerprint density at radius 1 is 1.56 bits per heavy atom. The van der Waals surface area contributed by atoms with Crippen molar-refractivity contribution in [1.29, 1.82) is 0 Å². The molecule has 0 radical (unpaired) electrons. The van der Waals surface area contributed by atoms with Gasteiger partial charge in [0.2, 0.25) is 0 Å². The van der Waals surface area contributed by atoms with Crippen LogP contribution < -0.4 is 5.32 Å². The van der Waals surface area contributed by atoms with E-state index >= 15 is 0 Å². The number of carbonyl (C=O) groups is 1. The van der Waals surface area contributed by atoms with Gasteiger partial charge < -0.3 is 10.2 Å². The number of amides is 1. The molecule has 0 aliphatic rings. The largest absolute Gasteiger partial charge is 0.370 e. The zero-order chi connectivity index (χ0) is 12.1. The normalized spacial score (nSPS) is 10.0. The van der Waals surface area contributed by atoms with E-state index in [2.05, 4.69) is 10.3 Å². The average molecular weight is 225 g/mol. The number of anilines is 1. The van der Waals surface area contributed by atoms with Gasteiger partial charge in [-0.2, -0.15) is 0 Å². The van der Waals surface area contributed by atoms with Crippen LogP contribution in [0, 0.1) is 5.82 Å². The number of halogens is 1. The van der Waals surface area contributed by atoms with Gasteiger partial charge in [0, 0.05) is 20.1 Å². The fourth-order valence-corrected chi connectivity index (χ4v) is 1.26. The molecular formula is C11H16FN3O. The molecule has 0 atom stereocenters. The minimum Gasteiger partial charge on any atom is -0.370 e. The molecule has 1 aromatic rings. The Morgan fingerprint density at radius 2 is 2.25 bits per heavy atom. The minimum absolute atomic E-state index is 0.231. The summed E-state index contributed by atoms with van der Waals surface area (Å²) in [5.74, 6) is -0.311. The van der Waals surface area contributed by atoms with Gasteiger partial charge >= 0.3 is 0 Å². The van der Waals surface area contributed by atoms with Crippen molar-refractivity contribution in [2.24, 2.45) is 0 Å². The van der Waals surface area contributed by atoms with Crippen LogP contribution in [0.15, 0.2) is 12.3 Å². The number of pyridine rings is 1. The molecule has 0 aliphatic heterocycles. The molecule has 4 nitrogen and oxygen atoms in total. The predicted molar refractivity (Wildman–Crippen MR) is 61.0 cm³/mol. The molecular weight excluding hydrogens is 209 g/mol. The van der Waals surface area contributed by atoms with Gasteiger partial charge in [-0.15, -0.1) is 0 Å². The van der Waals surface area contributed by atoms with Crippen LogP contribution in [-0.2, 0) is 0 Å². The molecule has 16 heavy (non-hydrogen) atoms. The maximum atomic E-state index is 13.1. The van der Waals surface area contributed by atoms with E-state index in [0.29, 0.717) is 18.9 Å². The second-order valence-corrected chi connectivity index (χ2v) is 3.40. The third kappa shape index (κ3) is 2.68. The SMILES string of the molecule is CCNc1ncc(F)cc1C(=O)N(C)CC. The Balaban J connectivity index is 3.08. The summed E-state index contributed by atoms with van der Waals surface area (Å²) in [6, 6.07) is 1.21. The first-order valence-corrected chi connectivity index (χ1v) is 5.25. The van der Waals surface area contributed by atoms with E-state index in [4.69, 9.17) is 0 Å². The number of rotatable bonds is 4. The molecule has 0 saturated carbocycles. The first-order chi connectivity index (χ1) is 7.60. The van der Waals surface area contributed by atoms with E-state index in [1.54, 1.807) is 7.05 Å². The van der Waals surface area contributed by atoms with Crippen molar-refractivity contribution in [2.45, 2.75) is 13.8 Å². The summed E-state index contributed by atoms with van der Waals surface area (Å²) in [4.78, 5) is 17.3. The van der Waals surface area contributed by atoms with Gasteiger partial charge in [0.15, 0.2) is 0 Å². The number of carbonyl (C=O) groups excluding carboxylic acids is 1.